The van der Waals surface area contributed by atoms with Gasteiger partial charge >= 0.3 is 0 Å². The highest BCUT2D eigenvalue weighted by Gasteiger charge is 2.09. The summed E-state index contributed by atoms with van der Waals surface area (Å²) in [6.45, 7) is 0. The van der Waals surface area contributed by atoms with Gasteiger partial charge in [0.2, 0.25) is 5.88 Å². The molecule has 4 rings (SSSR count). The lowest BCUT2D eigenvalue weighted by Crippen LogP contribution is -2.23. The highest BCUT2D eigenvalue weighted by molar-refractivity contribution is 6.02. The van der Waals surface area contributed by atoms with Gasteiger partial charge in [-0.3, -0.25) is 9.59 Å². The fourth-order valence-corrected chi connectivity index (χ4v) is 2.44. The first-order chi connectivity index (χ1) is 14.1. The van der Waals surface area contributed by atoms with Gasteiger partial charge in [0.15, 0.2) is 5.82 Å². The fraction of sp³-hybridized carbons (Fsp3) is 0.0526. The molecule has 0 saturated carbocycles. The molecule has 4 aromatic rings. The number of amides is 1. The topological polar surface area (TPSA) is 117 Å². The van der Waals surface area contributed by atoms with Crippen molar-refractivity contribution in [2.75, 3.05) is 5.32 Å². The molecule has 0 fully saturated rings. The van der Waals surface area contributed by atoms with Gasteiger partial charge in [0.1, 0.15) is 11.4 Å². The first-order valence-corrected chi connectivity index (χ1v) is 8.56. The maximum Gasteiger partial charge on any atom is 0.276 e. The van der Waals surface area contributed by atoms with Crippen molar-refractivity contribution in [3.8, 4) is 17.4 Å². The first-order valence-electron chi connectivity index (χ1n) is 8.56. The van der Waals surface area contributed by atoms with E-state index in [2.05, 4.69) is 25.7 Å². The standard InChI is InChI=1S/C19H15N7O3/c1-25-18(27)10-7-15(24-25)19(28)21-13-3-5-14(6-4-13)29-17-9-8-16(22-23-17)26-12-2-11-20-26/h2-12H,1H3,(H,21,28). The number of carbonyl (C=O) groups excluding carboxylic acids is 1. The van der Waals surface area contributed by atoms with Gasteiger partial charge in [-0.15, -0.1) is 10.2 Å². The minimum absolute atomic E-state index is 0.139. The summed E-state index contributed by atoms with van der Waals surface area (Å²) in [5.41, 5.74) is 0.405. The smallest absolute Gasteiger partial charge is 0.276 e. The number of aromatic nitrogens is 6. The molecule has 0 aliphatic heterocycles. The second kappa shape index (κ2) is 7.72. The number of carbonyl (C=O) groups is 1. The van der Waals surface area contributed by atoms with E-state index >= 15 is 0 Å². The molecule has 144 valence electrons. The van der Waals surface area contributed by atoms with E-state index in [1.807, 2.05) is 0 Å². The lowest BCUT2D eigenvalue weighted by Gasteiger charge is -2.08. The second-order valence-electron chi connectivity index (χ2n) is 5.94. The highest BCUT2D eigenvalue weighted by Crippen LogP contribution is 2.21. The van der Waals surface area contributed by atoms with Crippen LogP contribution in [0.1, 0.15) is 10.5 Å². The largest absolute Gasteiger partial charge is 0.438 e. The Morgan fingerprint density at radius 3 is 2.52 bits per heavy atom. The van der Waals surface area contributed by atoms with Gasteiger partial charge in [0.25, 0.3) is 11.5 Å². The molecule has 0 aliphatic carbocycles. The molecule has 1 aromatic carbocycles. The van der Waals surface area contributed by atoms with Crippen molar-refractivity contribution < 1.29 is 9.53 Å². The average molecular weight is 389 g/mol. The zero-order valence-electron chi connectivity index (χ0n) is 15.3. The molecule has 0 saturated heterocycles. The van der Waals surface area contributed by atoms with Crippen LogP contribution in [0.3, 0.4) is 0 Å². The third-order valence-electron chi connectivity index (χ3n) is 3.89. The molecule has 0 unspecified atom stereocenters. The molecule has 10 nitrogen and oxygen atoms in total. The molecule has 1 amide bonds. The van der Waals surface area contributed by atoms with Crippen molar-refractivity contribution in [3.05, 3.63) is 83.0 Å². The Labute approximate surface area is 164 Å². The van der Waals surface area contributed by atoms with E-state index in [1.165, 1.54) is 19.2 Å². The van der Waals surface area contributed by atoms with Crippen molar-refractivity contribution in [1.82, 2.24) is 29.8 Å². The molecule has 0 atom stereocenters. The van der Waals surface area contributed by atoms with Crippen molar-refractivity contribution in [3.63, 3.8) is 0 Å². The van der Waals surface area contributed by atoms with Gasteiger partial charge < -0.3 is 10.1 Å². The molecule has 0 bridgehead atoms. The number of anilines is 1. The Morgan fingerprint density at radius 2 is 1.86 bits per heavy atom. The van der Waals surface area contributed by atoms with Crippen molar-refractivity contribution in [2.45, 2.75) is 0 Å². The number of hydrogen-bond donors (Lipinski definition) is 1. The lowest BCUT2D eigenvalue weighted by molar-refractivity contribution is 0.102. The molecule has 3 heterocycles. The van der Waals surface area contributed by atoms with Crippen LogP contribution < -0.4 is 15.6 Å². The maximum absolute atomic E-state index is 12.2. The predicted octanol–water partition coefficient (Wildman–Crippen LogP) is 1.80. The van der Waals surface area contributed by atoms with Crippen LogP contribution in [0.5, 0.6) is 11.6 Å². The van der Waals surface area contributed by atoms with Gasteiger partial charge in [-0.25, -0.2) is 9.36 Å². The van der Waals surface area contributed by atoms with Crippen LogP contribution in [0.15, 0.2) is 71.8 Å². The van der Waals surface area contributed by atoms with Crippen molar-refractivity contribution >= 4 is 11.6 Å². The van der Waals surface area contributed by atoms with E-state index in [1.54, 1.807) is 59.5 Å². The van der Waals surface area contributed by atoms with Gasteiger partial charge in [-0.2, -0.15) is 10.2 Å². The van der Waals surface area contributed by atoms with Crippen LogP contribution in [0.25, 0.3) is 5.82 Å². The summed E-state index contributed by atoms with van der Waals surface area (Å²) in [6.07, 6.45) is 3.42. The third kappa shape index (κ3) is 4.16. The SMILES string of the molecule is Cn1nc(C(=O)Nc2ccc(Oc3ccc(-n4cccn4)nn3)cc2)ccc1=O. The normalized spacial score (nSPS) is 10.5. The summed E-state index contributed by atoms with van der Waals surface area (Å²) in [4.78, 5) is 23.6. The number of nitrogens with one attached hydrogen (secondary N) is 1. The van der Waals surface area contributed by atoms with Gasteiger partial charge in [-0.05, 0) is 42.5 Å². The molecule has 0 aliphatic rings. The van der Waals surface area contributed by atoms with E-state index in [4.69, 9.17) is 4.74 Å². The zero-order valence-corrected chi connectivity index (χ0v) is 15.3. The number of aryl methyl sites for hydroxylation is 1. The number of nitrogens with zero attached hydrogens (tertiary/aromatic N) is 6. The number of hydrogen-bond acceptors (Lipinski definition) is 7. The van der Waals surface area contributed by atoms with Gasteiger partial charge in [0, 0.05) is 37.3 Å². The summed E-state index contributed by atoms with van der Waals surface area (Å²) in [6, 6.07) is 14.6. The minimum atomic E-state index is -0.422. The molecule has 0 radical (unpaired) electrons. The van der Waals surface area contributed by atoms with E-state index in [0.29, 0.717) is 23.1 Å². The predicted molar refractivity (Wildman–Crippen MR) is 103 cm³/mol. The number of ether oxygens (including phenoxy) is 1. The third-order valence-corrected chi connectivity index (χ3v) is 3.89. The van der Waals surface area contributed by atoms with E-state index in [0.717, 1.165) is 4.68 Å². The lowest BCUT2D eigenvalue weighted by atomic mass is 10.3. The Balaban J connectivity index is 1.40. The Bertz CT molecular complexity index is 1180. The fourth-order valence-electron chi connectivity index (χ4n) is 2.44. The van der Waals surface area contributed by atoms with Crippen LogP contribution in [0.4, 0.5) is 5.69 Å². The van der Waals surface area contributed by atoms with E-state index < -0.39 is 5.91 Å². The molecule has 29 heavy (non-hydrogen) atoms. The van der Waals surface area contributed by atoms with Crippen LogP contribution in [-0.2, 0) is 7.05 Å². The summed E-state index contributed by atoms with van der Waals surface area (Å²) in [5, 5.41) is 18.8. The van der Waals surface area contributed by atoms with Crippen LogP contribution >= 0.6 is 0 Å². The Hall–Kier alpha value is -4.34. The molecule has 0 spiro atoms. The van der Waals surface area contributed by atoms with Crippen LogP contribution in [0, 0.1) is 0 Å². The summed E-state index contributed by atoms with van der Waals surface area (Å²) in [7, 11) is 1.48. The van der Waals surface area contributed by atoms with Gasteiger partial charge in [0.05, 0.1) is 0 Å². The second-order valence-corrected chi connectivity index (χ2v) is 5.94. The average Bonchev–Trinajstić information content (AvgIpc) is 3.27. The van der Waals surface area contributed by atoms with Crippen LogP contribution in [0.2, 0.25) is 0 Å². The molecular weight excluding hydrogens is 374 g/mol. The Morgan fingerprint density at radius 1 is 1.03 bits per heavy atom. The number of rotatable bonds is 5. The van der Waals surface area contributed by atoms with E-state index in [9.17, 15) is 9.59 Å². The molecule has 10 heteroatoms. The summed E-state index contributed by atoms with van der Waals surface area (Å²) in [5.74, 6) is 1.01. The quantitative estimate of drug-likeness (QED) is 0.553. The molecule has 3 aromatic heterocycles. The minimum Gasteiger partial charge on any atom is -0.438 e. The first kappa shape index (κ1) is 18.0. The van der Waals surface area contributed by atoms with Crippen LogP contribution in [-0.4, -0.2) is 35.7 Å². The maximum atomic E-state index is 12.2. The van der Waals surface area contributed by atoms with E-state index in [-0.39, 0.29) is 11.3 Å². The Kier molecular flexibility index (Phi) is 4.81. The molecule has 1 N–H and O–H groups in total. The highest BCUT2D eigenvalue weighted by atomic mass is 16.5. The zero-order chi connectivity index (χ0) is 20.2. The molecular formula is C19H15N7O3. The number of benzene rings is 1. The van der Waals surface area contributed by atoms with Crippen molar-refractivity contribution in [2.24, 2.45) is 7.05 Å². The summed E-state index contributed by atoms with van der Waals surface area (Å²) >= 11 is 0. The monoisotopic (exact) mass is 389 g/mol. The van der Waals surface area contributed by atoms with Crippen molar-refractivity contribution in [1.29, 1.82) is 0 Å². The summed E-state index contributed by atoms with van der Waals surface area (Å²) < 4.78 is 8.35. The van der Waals surface area contributed by atoms with Gasteiger partial charge in [-0.1, -0.05) is 0 Å².